The van der Waals surface area contributed by atoms with Crippen molar-refractivity contribution in [2.75, 3.05) is 6.61 Å². The number of rotatable bonds is 7. The van der Waals surface area contributed by atoms with Crippen LogP contribution in [0.5, 0.6) is 0 Å². The molecule has 0 aliphatic heterocycles. The molecule has 1 heteroatoms. The largest absolute Gasteiger partial charge is 0.378 e. The normalized spacial score (nSPS) is 36.5. The van der Waals surface area contributed by atoms with Crippen molar-refractivity contribution >= 4 is 0 Å². The van der Waals surface area contributed by atoms with Gasteiger partial charge in [0.1, 0.15) is 0 Å². The molecule has 3 fully saturated rings. The summed E-state index contributed by atoms with van der Waals surface area (Å²) >= 11 is 0. The van der Waals surface area contributed by atoms with Crippen LogP contribution in [0.1, 0.15) is 117 Å². The molecule has 0 heterocycles. The summed E-state index contributed by atoms with van der Waals surface area (Å²) in [5, 5.41) is 0. The van der Waals surface area contributed by atoms with Crippen LogP contribution < -0.4 is 0 Å². The topological polar surface area (TPSA) is 9.23 Å². The Kier molecular flexibility index (Phi) is 9.73. The van der Waals surface area contributed by atoms with Crippen LogP contribution in [0.4, 0.5) is 0 Å². The van der Waals surface area contributed by atoms with E-state index in [4.69, 9.17) is 4.74 Å². The fourth-order valence-corrected chi connectivity index (χ4v) is 6.07. The molecule has 0 saturated heterocycles. The number of hydrogen-bond acceptors (Lipinski definition) is 1. The van der Waals surface area contributed by atoms with Crippen LogP contribution in [-0.4, -0.2) is 12.7 Å². The zero-order chi connectivity index (χ0) is 19.6. The summed E-state index contributed by atoms with van der Waals surface area (Å²) in [4.78, 5) is 0. The third kappa shape index (κ3) is 7.09. The van der Waals surface area contributed by atoms with Gasteiger partial charge in [0.25, 0.3) is 0 Å². The van der Waals surface area contributed by atoms with E-state index in [2.05, 4.69) is 25.7 Å². The Morgan fingerprint density at radius 1 is 0.643 bits per heavy atom. The van der Waals surface area contributed by atoms with Gasteiger partial charge in [-0.3, -0.25) is 0 Å². The molecular weight excluding hydrogens is 340 g/mol. The van der Waals surface area contributed by atoms with Crippen molar-refractivity contribution in [1.82, 2.24) is 0 Å². The maximum Gasteiger partial charge on any atom is 0.0575 e. The highest BCUT2D eigenvalue weighted by molar-refractivity contribution is 5.09. The van der Waals surface area contributed by atoms with Gasteiger partial charge in [-0.15, -0.1) is 0 Å². The SMILES string of the molecule is CCCCC1CCC(C#CC2CCC(C3CCC(OCCC)CC3)CC2)CC1. The highest BCUT2D eigenvalue weighted by Crippen LogP contribution is 2.40. The van der Waals surface area contributed by atoms with Gasteiger partial charge in [-0.25, -0.2) is 0 Å². The Morgan fingerprint density at radius 2 is 1.18 bits per heavy atom. The average Bonchev–Trinajstić information content (AvgIpc) is 2.76. The maximum atomic E-state index is 5.98. The molecule has 0 aromatic rings. The van der Waals surface area contributed by atoms with Crippen molar-refractivity contribution in [3.05, 3.63) is 0 Å². The van der Waals surface area contributed by atoms with Gasteiger partial charge in [0.05, 0.1) is 6.10 Å². The first-order valence-corrected chi connectivity index (χ1v) is 12.9. The first-order chi connectivity index (χ1) is 13.8. The Morgan fingerprint density at radius 3 is 1.71 bits per heavy atom. The van der Waals surface area contributed by atoms with Crippen molar-refractivity contribution in [3.63, 3.8) is 0 Å². The van der Waals surface area contributed by atoms with E-state index in [1.54, 1.807) is 0 Å². The van der Waals surface area contributed by atoms with Crippen molar-refractivity contribution in [3.8, 4) is 11.8 Å². The first kappa shape index (κ1) is 22.2. The van der Waals surface area contributed by atoms with Gasteiger partial charge in [0.15, 0.2) is 0 Å². The minimum absolute atomic E-state index is 0.565. The summed E-state index contributed by atoms with van der Waals surface area (Å²) in [6.45, 7) is 5.49. The van der Waals surface area contributed by atoms with Gasteiger partial charge in [-0.1, -0.05) is 45.0 Å². The molecule has 0 aromatic carbocycles. The summed E-state index contributed by atoms with van der Waals surface area (Å²) in [5.41, 5.74) is 0. The molecule has 3 saturated carbocycles. The zero-order valence-corrected chi connectivity index (χ0v) is 18.9. The highest BCUT2D eigenvalue weighted by Gasteiger charge is 2.30. The summed E-state index contributed by atoms with van der Waals surface area (Å²) in [5.74, 6) is 11.9. The van der Waals surface area contributed by atoms with Gasteiger partial charge in [0.2, 0.25) is 0 Å². The molecule has 0 radical (unpaired) electrons. The Bertz CT molecular complexity index is 462. The smallest absolute Gasteiger partial charge is 0.0575 e. The second-order valence-corrected chi connectivity index (χ2v) is 10.2. The van der Waals surface area contributed by atoms with Gasteiger partial charge >= 0.3 is 0 Å². The molecule has 0 spiro atoms. The van der Waals surface area contributed by atoms with Crippen molar-refractivity contribution in [2.24, 2.45) is 29.6 Å². The molecule has 3 rings (SSSR count). The maximum absolute atomic E-state index is 5.98. The summed E-state index contributed by atoms with van der Waals surface area (Å²) in [6.07, 6.45) is 22.7. The molecule has 0 N–H and O–H groups in total. The standard InChI is InChI=1S/C27H46O/c1-3-5-6-22-7-9-23(10-8-22)11-12-24-13-15-25(16-14-24)26-17-19-27(20-18-26)28-21-4-2/h22-27H,3-10,13-21H2,1-2H3. The van der Waals surface area contributed by atoms with Crippen LogP contribution in [0.3, 0.4) is 0 Å². The molecule has 160 valence electrons. The molecule has 0 amide bonds. The minimum Gasteiger partial charge on any atom is -0.378 e. The van der Waals surface area contributed by atoms with E-state index >= 15 is 0 Å². The van der Waals surface area contributed by atoms with E-state index in [9.17, 15) is 0 Å². The van der Waals surface area contributed by atoms with Crippen LogP contribution >= 0.6 is 0 Å². The zero-order valence-electron chi connectivity index (χ0n) is 18.9. The van der Waals surface area contributed by atoms with E-state index in [1.807, 2.05) is 0 Å². The second-order valence-electron chi connectivity index (χ2n) is 10.2. The van der Waals surface area contributed by atoms with Crippen LogP contribution in [0, 0.1) is 41.4 Å². The van der Waals surface area contributed by atoms with Crippen LogP contribution in [-0.2, 0) is 4.74 Å². The summed E-state index contributed by atoms with van der Waals surface area (Å²) in [6, 6.07) is 0. The van der Waals surface area contributed by atoms with E-state index < -0.39 is 0 Å². The van der Waals surface area contributed by atoms with E-state index in [-0.39, 0.29) is 0 Å². The molecule has 3 aliphatic carbocycles. The lowest BCUT2D eigenvalue weighted by Crippen LogP contribution is -2.28. The third-order valence-corrected chi connectivity index (χ3v) is 8.02. The molecule has 28 heavy (non-hydrogen) atoms. The highest BCUT2D eigenvalue weighted by atomic mass is 16.5. The van der Waals surface area contributed by atoms with Crippen molar-refractivity contribution in [1.29, 1.82) is 0 Å². The second kappa shape index (κ2) is 12.3. The molecule has 0 aromatic heterocycles. The van der Waals surface area contributed by atoms with Crippen LogP contribution in [0.15, 0.2) is 0 Å². The molecule has 0 unspecified atom stereocenters. The first-order valence-electron chi connectivity index (χ1n) is 12.9. The minimum atomic E-state index is 0.565. The monoisotopic (exact) mass is 386 g/mol. The van der Waals surface area contributed by atoms with E-state index in [1.165, 1.54) is 96.3 Å². The van der Waals surface area contributed by atoms with Gasteiger partial charge in [-0.2, -0.15) is 0 Å². The van der Waals surface area contributed by atoms with Gasteiger partial charge in [0, 0.05) is 18.4 Å². The molecule has 0 atom stereocenters. The lowest BCUT2D eigenvalue weighted by atomic mass is 9.70. The Hall–Kier alpha value is -0.480. The quantitative estimate of drug-likeness (QED) is 0.406. The summed E-state index contributed by atoms with van der Waals surface area (Å²) in [7, 11) is 0. The Balaban J connectivity index is 1.32. The predicted octanol–water partition coefficient (Wildman–Crippen LogP) is 7.78. The third-order valence-electron chi connectivity index (χ3n) is 8.02. The van der Waals surface area contributed by atoms with Crippen LogP contribution in [0.2, 0.25) is 0 Å². The summed E-state index contributed by atoms with van der Waals surface area (Å²) < 4.78 is 5.98. The molecule has 0 bridgehead atoms. The van der Waals surface area contributed by atoms with E-state index in [0.29, 0.717) is 17.9 Å². The molecular formula is C27H46O. The fraction of sp³-hybridized carbons (Fsp3) is 0.926. The number of unbranched alkanes of at least 4 members (excludes halogenated alkanes) is 1. The molecule has 1 nitrogen and oxygen atoms in total. The van der Waals surface area contributed by atoms with Gasteiger partial charge in [-0.05, 0) is 101 Å². The molecule has 3 aliphatic rings. The average molecular weight is 387 g/mol. The Labute approximate surface area is 175 Å². The van der Waals surface area contributed by atoms with Gasteiger partial charge < -0.3 is 4.74 Å². The number of hydrogen-bond donors (Lipinski definition) is 0. The predicted molar refractivity (Wildman–Crippen MR) is 120 cm³/mol. The lowest BCUT2D eigenvalue weighted by Gasteiger charge is -2.37. The van der Waals surface area contributed by atoms with Crippen LogP contribution in [0.25, 0.3) is 0 Å². The van der Waals surface area contributed by atoms with E-state index in [0.717, 1.165) is 30.8 Å². The van der Waals surface area contributed by atoms with Crippen molar-refractivity contribution in [2.45, 2.75) is 123 Å². The van der Waals surface area contributed by atoms with Crippen molar-refractivity contribution < 1.29 is 4.74 Å². The fourth-order valence-electron chi connectivity index (χ4n) is 6.07. The number of ether oxygens (including phenoxy) is 1. The lowest BCUT2D eigenvalue weighted by molar-refractivity contribution is 0.00806.